The lowest BCUT2D eigenvalue weighted by Gasteiger charge is -2.10. The van der Waals surface area contributed by atoms with Crippen LogP contribution >= 0.6 is 0 Å². The van der Waals surface area contributed by atoms with Gasteiger partial charge in [0.25, 0.3) is 0 Å². The van der Waals surface area contributed by atoms with Crippen molar-refractivity contribution in [2.75, 3.05) is 5.32 Å². The van der Waals surface area contributed by atoms with Crippen LogP contribution in [0.5, 0.6) is 5.75 Å². The molecule has 3 aromatic carbocycles. The molecule has 0 aliphatic carbocycles. The first-order valence-corrected chi connectivity index (χ1v) is 7.96. The summed E-state index contributed by atoms with van der Waals surface area (Å²) in [5, 5.41) is 3.12. The summed E-state index contributed by atoms with van der Waals surface area (Å²) in [6.07, 6.45) is 0. The Morgan fingerprint density at radius 1 is 0.875 bits per heavy atom. The van der Waals surface area contributed by atoms with Crippen molar-refractivity contribution in [3.8, 4) is 5.75 Å². The van der Waals surface area contributed by atoms with Crippen LogP contribution in [0.25, 0.3) is 0 Å². The average molecular weight is 321 g/mol. The van der Waals surface area contributed by atoms with Gasteiger partial charge in [-0.15, -0.1) is 0 Å². The summed E-state index contributed by atoms with van der Waals surface area (Å²) in [4.78, 5) is 0. The Labute approximate surface area is 141 Å². The monoisotopic (exact) mass is 321 g/mol. The first kappa shape index (κ1) is 16.1. The lowest BCUT2D eigenvalue weighted by molar-refractivity contribution is 0.306. The van der Waals surface area contributed by atoms with Crippen molar-refractivity contribution in [1.29, 1.82) is 0 Å². The summed E-state index contributed by atoms with van der Waals surface area (Å²) in [6.45, 7) is 2.99. The van der Waals surface area contributed by atoms with Crippen LogP contribution < -0.4 is 10.1 Å². The van der Waals surface area contributed by atoms with Crippen LogP contribution in [0.2, 0.25) is 0 Å². The topological polar surface area (TPSA) is 21.3 Å². The highest BCUT2D eigenvalue weighted by Gasteiger charge is 2.02. The summed E-state index contributed by atoms with van der Waals surface area (Å²) in [7, 11) is 0. The zero-order valence-electron chi connectivity index (χ0n) is 13.6. The zero-order valence-corrected chi connectivity index (χ0v) is 13.6. The molecule has 0 saturated heterocycles. The van der Waals surface area contributed by atoms with E-state index in [1.807, 2.05) is 67.6 Å². The number of nitrogens with one attached hydrogen (secondary N) is 1. The average Bonchev–Trinajstić information content (AvgIpc) is 2.61. The van der Waals surface area contributed by atoms with E-state index in [0.29, 0.717) is 18.8 Å². The van der Waals surface area contributed by atoms with Crippen molar-refractivity contribution in [2.24, 2.45) is 0 Å². The largest absolute Gasteiger partial charge is 0.489 e. The third kappa shape index (κ3) is 4.35. The molecule has 0 spiro atoms. The van der Waals surface area contributed by atoms with Gasteiger partial charge < -0.3 is 10.1 Å². The molecule has 2 nitrogen and oxygen atoms in total. The standard InChI is InChI=1S/C21H20FNO/c1-16-7-12-21(20(22)13-16)23-14-17-8-10-19(11-9-17)24-15-18-5-3-2-4-6-18/h2-13,23H,14-15H2,1H3. The summed E-state index contributed by atoms with van der Waals surface area (Å²) in [6, 6.07) is 23.1. The van der Waals surface area contributed by atoms with E-state index in [1.54, 1.807) is 6.07 Å². The van der Waals surface area contributed by atoms with Gasteiger partial charge in [-0.3, -0.25) is 0 Å². The Morgan fingerprint density at radius 3 is 2.33 bits per heavy atom. The van der Waals surface area contributed by atoms with Gasteiger partial charge in [-0.2, -0.15) is 0 Å². The third-order valence-electron chi connectivity index (χ3n) is 3.78. The lowest BCUT2D eigenvalue weighted by atomic mass is 10.2. The van der Waals surface area contributed by atoms with E-state index < -0.39 is 0 Å². The highest BCUT2D eigenvalue weighted by Crippen LogP contribution is 2.18. The Kier molecular flexibility index (Phi) is 5.12. The van der Waals surface area contributed by atoms with Crippen molar-refractivity contribution in [1.82, 2.24) is 0 Å². The van der Waals surface area contributed by atoms with Crippen LogP contribution in [0, 0.1) is 12.7 Å². The van der Waals surface area contributed by atoms with Crippen LogP contribution in [0.4, 0.5) is 10.1 Å². The van der Waals surface area contributed by atoms with Crippen LogP contribution in [0.15, 0.2) is 72.8 Å². The molecule has 0 aromatic heterocycles. The maximum Gasteiger partial charge on any atom is 0.146 e. The number of rotatable bonds is 6. The van der Waals surface area contributed by atoms with Crippen LogP contribution in [-0.4, -0.2) is 0 Å². The highest BCUT2D eigenvalue weighted by atomic mass is 19.1. The normalized spacial score (nSPS) is 10.4. The van der Waals surface area contributed by atoms with Gasteiger partial charge in [0.1, 0.15) is 18.2 Å². The lowest BCUT2D eigenvalue weighted by Crippen LogP contribution is -2.02. The number of hydrogen-bond donors (Lipinski definition) is 1. The van der Waals surface area contributed by atoms with E-state index in [-0.39, 0.29) is 5.82 Å². The van der Waals surface area contributed by atoms with Gasteiger partial charge in [0.2, 0.25) is 0 Å². The van der Waals surface area contributed by atoms with Crippen molar-refractivity contribution in [3.63, 3.8) is 0 Å². The van der Waals surface area contributed by atoms with E-state index in [0.717, 1.165) is 22.4 Å². The van der Waals surface area contributed by atoms with Crippen LogP contribution in [0.1, 0.15) is 16.7 Å². The van der Waals surface area contributed by atoms with Crippen molar-refractivity contribution in [3.05, 3.63) is 95.3 Å². The summed E-state index contributed by atoms with van der Waals surface area (Å²) in [5.41, 5.74) is 3.64. The molecule has 3 rings (SSSR count). The molecule has 3 aromatic rings. The van der Waals surface area contributed by atoms with Crippen molar-refractivity contribution in [2.45, 2.75) is 20.1 Å². The number of halogens is 1. The number of ether oxygens (including phenoxy) is 1. The van der Waals surface area contributed by atoms with E-state index in [1.165, 1.54) is 6.07 Å². The quantitative estimate of drug-likeness (QED) is 0.663. The van der Waals surface area contributed by atoms with Crippen LogP contribution in [0.3, 0.4) is 0 Å². The predicted octanol–water partition coefficient (Wildman–Crippen LogP) is 5.33. The minimum atomic E-state index is -0.224. The SMILES string of the molecule is Cc1ccc(NCc2ccc(OCc3ccccc3)cc2)c(F)c1. The highest BCUT2D eigenvalue weighted by molar-refractivity contribution is 5.46. The maximum absolute atomic E-state index is 13.8. The molecule has 0 heterocycles. The molecular weight excluding hydrogens is 301 g/mol. The van der Waals surface area contributed by atoms with Gasteiger partial charge in [0.05, 0.1) is 5.69 Å². The molecule has 24 heavy (non-hydrogen) atoms. The second kappa shape index (κ2) is 7.64. The second-order valence-electron chi connectivity index (χ2n) is 5.76. The van der Waals surface area contributed by atoms with Crippen LogP contribution in [-0.2, 0) is 13.2 Å². The molecule has 1 N–H and O–H groups in total. The minimum absolute atomic E-state index is 0.224. The fourth-order valence-electron chi connectivity index (χ4n) is 2.41. The number of aryl methyl sites for hydroxylation is 1. The third-order valence-corrected chi connectivity index (χ3v) is 3.78. The van der Waals surface area contributed by atoms with Gasteiger partial charge >= 0.3 is 0 Å². The fraction of sp³-hybridized carbons (Fsp3) is 0.143. The van der Waals surface area contributed by atoms with E-state index in [4.69, 9.17) is 4.74 Å². The molecule has 0 bridgehead atoms. The summed E-state index contributed by atoms with van der Waals surface area (Å²) < 4.78 is 19.6. The first-order chi connectivity index (χ1) is 11.7. The van der Waals surface area contributed by atoms with Crippen molar-refractivity contribution < 1.29 is 9.13 Å². The number of anilines is 1. The Morgan fingerprint density at radius 2 is 1.62 bits per heavy atom. The first-order valence-electron chi connectivity index (χ1n) is 7.96. The van der Waals surface area contributed by atoms with Gasteiger partial charge in [-0.1, -0.05) is 48.5 Å². The molecule has 0 atom stereocenters. The van der Waals surface area contributed by atoms with Gasteiger partial charge in [0.15, 0.2) is 0 Å². The Balaban J connectivity index is 1.54. The van der Waals surface area contributed by atoms with E-state index in [9.17, 15) is 4.39 Å². The van der Waals surface area contributed by atoms with Gasteiger partial charge in [0, 0.05) is 6.54 Å². The van der Waals surface area contributed by atoms with Crippen molar-refractivity contribution >= 4 is 5.69 Å². The molecule has 3 heteroatoms. The number of hydrogen-bond acceptors (Lipinski definition) is 2. The van der Waals surface area contributed by atoms with Gasteiger partial charge in [-0.25, -0.2) is 4.39 Å². The molecule has 0 aliphatic heterocycles. The van der Waals surface area contributed by atoms with Gasteiger partial charge in [-0.05, 0) is 47.9 Å². The fourth-order valence-corrected chi connectivity index (χ4v) is 2.41. The molecule has 0 aliphatic rings. The Hall–Kier alpha value is -2.81. The summed E-state index contributed by atoms with van der Waals surface area (Å²) >= 11 is 0. The predicted molar refractivity (Wildman–Crippen MR) is 95.7 cm³/mol. The molecule has 0 radical (unpaired) electrons. The Bertz CT molecular complexity index is 785. The minimum Gasteiger partial charge on any atom is -0.489 e. The molecule has 122 valence electrons. The molecule has 0 saturated carbocycles. The maximum atomic E-state index is 13.8. The van der Waals surface area contributed by atoms with E-state index >= 15 is 0 Å². The number of benzene rings is 3. The molecule has 0 unspecified atom stereocenters. The molecular formula is C21H20FNO. The zero-order chi connectivity index (χ0) is 16.8. The second-order valence-corrected chi connectivity index (χ2v) is 5.76. The summed E-state index contributed by atoms with van der Waals surface area (Å²) in [5.74, 6) is 0.599. The molecule has 0 fully saturated rings. The molecule has 0 amide bonds. The van der Waals surface area contributed by atoms with E-state index in [2.05, 4.69) is 5.32 Å². The smallest absolute Gasteiger partial charge is 0.146 e.